The third-order valence-electron chi connectivity index (χ3n) is 2.79. The van der Waals surface area contributed by atoms with Crippen LogP contribution in [-0.4, -0.2) is 15.3 Å². The number of rotatable bonds is 3. The van der Waals surface area contributed by atoms with Crippen LogP contribution in [0.1, 0.15) is 37.2 Å². The Morgan fingerprint density at radius 2 is 2.12 bits per heavy atom. The van der Waals surface area contributed by atoms with E-state index in [0.29, 0.717) is 6.04 Å². The second-order valence-electron chi connectivity index (χ2n) is 4.42. The number of carbonyl (C=O) groups is 1. The van der Waals surface area contributed by atoms with Gasteiger partial charge in [0.2, 0.25) is 0 Å². The molecule has 0 unspecified atom stereocenters. The molecule has 0 atom stereocenters. The minimum Gasteiger partial charge on any atom is -0.328 e. The monoisotopic (exact) mass is 228 g/mol. The standard InChI is InChI=1S/C14H16N2O/c1-10(2)16-9-15-8-14(16)13-6-4-5-12(7-13)11(3)17/h4-10H,1-3H3. The summed E-state index contributed by atoms with van der Waals surface area (Å²) in [4.78, 5) is 15.5. The maximum absolute atomic E-state index is 11.4. The van der Waals surface area contributed by atoms with Crippen LogP contribution in [0.3, 0.4) is 0 Å². The SMILES string of the molecule is CC(=O)c1cccc(-c2cncn2C(C)C)c1. The average Bonchev–Trinajstić information content (AvgIpc) is 2.78. The normalized spacial score (nSPS) is 10.8. The van der Waals surface area contributed by atoms with Gasteiger partial charge in [-0.2, -0.15) is 0 Å². The van der Waals surface area contributed by atoms with Gasteiger partial charge < -0.3 is 4.57 Å². The van der Waals surface area contributed by atoms with Gasteiger partial charge in [0.05, 0.1) is 18.2 Å². The summed E-state index contributed by atoms with van der Waals surface area (Å²) in [5, 5.41) is 0. The van der Waals surface area contributed by atoms with Gasteiger partial charge in [-0.3, -0.25) is 4.79 Å². The number of carbonyl (C=O) groups excluding carboxylic acids is 1. The third kappa shape index (κ3) is 2.28. The highest BCUT2D eigenvalue weighted by molar-refractivity contribution is 5.95. The van der Waals surface area contributed by atoms with E-state index in [1.54, 1.807) is 6.92 Å². The molecule has 3 nitrogen and oxygen atoms in total. The van der Waals surface area contributed by atoms with Crippen LogP contribution in [0.5, 0.6) is 0 Å². The topological polar surface area (TPSA) is 34.9 Å². The van der Waals surface area contributed by atoms with Gasteiger partial charge in [0.15, 0.2) is 5.78 Å². The number of ketones is 1. The molecule has 2 rings (SSSR count). The molecule has 17 heavy (non-hydrogen) atoms. The first-order chi connectivity index (χ1) is 8.09. The first-order valence-electron chi connectivity index (χ1n) is 5.73. The number of hydrogen-bond acceptors (Lipinski definition) is 2. The van der Waals surface area contributed by atoms with Crippen LogP contribution < -0.4 is 0 Å². The number of benzene rings is 1. The molecule has 0 N–H and O–H groups in total. The van der Waals surface area contributed by atoms with E-state index in [1.807, 2.05) is 36.8 Å². The van der Waals surface area contributed by atoms with E-state index >= 15 is 0 Å². The maximum Gasteiger partial charge on any atom is 0.159 e. The van der Waals surface area contributed by atoms with Crippen LogP contribution >= 0.6 is 0 Å². The molecular weight excluding hydrogens is 212 g/mol. The lowest BCUT2D eigenvalue weighted by Gasteiger charge is -2.12. The molecule has 0 bridgehead atoms. The Labute approximate surface area is 101 Å². The predicted molar refractivity (Wildman–Crippen MR) is 68.1 cm³/mol. The Morgan fingerprint density at radius 3 is 2.76 bits per heavy atom. The Hall–Kier alpha value is -1.90. The Bertz CT molecular complexity index is 541. The summed E-state index contributed by atoms with van der Waals surface area (Å²) in [5.41, 5.74) is 2.81. The van der Waals surface area contributed by atoms with Gasteiger partial charge in [-0.25, -0.2) is 4.98 Å². The highest BCUT2D eigenvalue weighted by Crippen LogP contribution is 2.23. The van der Waals surface area contributed by atoms with Crippen molar-refractivity contribution in [1.82, 2.24) is 9.55 Å². The zero-order valence-corrected chi connectivity index (χ0v) is 10.3. The fraction of sp³-hybridized carbons (Fsp3) is 0.286. The summed E-state index contributed by atoms with van der Waals surface area (Å²) in [6.07, 6.45) is 3.65. The summed E-state index contributed by atoms with van der Waals surface area (Å²) >= 11 is 0. The fourth-order valence-corrected chi connectivity index (χ4v) is 1.84. The molecule has 0 saturated carbocycles. The zero-order valence-electron chi connectivity index (χ0n) is 10.3. The summed E-state index contributed by atoms with van der Waals surface area (Å²) in [7, 11) is 0. The van der Waals surface area contributed by atoms with Crippen molar-refractivity contribution in [2.45, 2.75) is 26.8 Å². The molecule has 0 radical (unpaired) electrons. The van der Waals surface area contributed by atoms with Gasteiger partial charge in [0.25, 0.3) is 0 Å². The van der Waals surface area contributed by atoms with E-state index in [2.05, 4.69) is 23.4 Å². The van der Waals surface area contributed by atoms with Gasteiger partial charge in [0.1, 0.15) is 0 Å². The molecule has 0 amide bonds. The van der Waals surface area contributed by atoms with Crippen molar-refractivity contribution < 1.29 is 4.79 Å². The van der Waals surface area contributed by atoms with Crippen molar-refractivity contribution in [2.75, 3.05) is 0 Å². The molecule has 0 fully saturated rings. The summed E-state index contributed by atoms with van der Waals surface area (Å²) in [5.74, 6) is 0.0856. The van der Waals surface area contributed by atoms with E-state index < -0.39 is 0 Å². The van der Waals surface area contributed by atoms with E-state index in [9.17, 15) is 4.79 Å². The smallest absolute Gasteiger partial charge is 0.159 e. The van der Waals surface area contributed by atoms with Crippen molar-refractivity contribution >= 4 is 5.78 Å². The molecule has 1 heterocycles. The van der Waals surface area contributed by atoms with E-state index in [1.165, 1.54) is 0 Å². The summed E-state index contributed by atoms with van der Waals surface area (Å²) < 4.78 is 2.10. The molecule has 3 heteroatoms. The van der Waals surface area contributed by atoms with Crippen LogP contribution in [-0.2, 0) is 0 Å². The lowest BCUT2D eigenvalue weighted by molar-refractivity contribution is 0.101. The predicted octanol–water partition coefficient (Wildman–Crippen LogP) is 3.33. The zero-order chi connectivity index (χ0) is 12.4. The quantitative estimate of drug-likeness (QED) is 0.755. The van der Waals surface area contributed by atoms with E-state index in [-0.39, 0.29) is 5.78 Å². The second-order valence-corrected chi connectivity index (χ2v) is 4.42. The van der Waals surface area contributed by atoms with Crippen LogP contribution in [0.25, 0.3) is 11.3 Å². The molecule has 0 saturated heterocycles. The summed E-state index contributed by atoms with van der Waals surface area (Å²) in [6, 6.07) is 8.01. The summed E-state index contributed by atoms with van der Waals surface area (Å²) in [6.45, 7) is 5.80. The molecular formula is C14H16N2O. The van der Waals surface area contributed by atoms with Gasteiger partial charge in [-0.05, 0) is 26.8 Å². The fourth-order valence-electron chi connectivity index (χ4n) is 1.84. The number of nitrogens with zero attached hydrogens (tertiary/aromatic N) is 2. The van der Waals surface area contributed by atoms with Gasteiger partial charge in [-0.1, -0.05) is 18.2 Å². The molecule has 1 aromatic heterocycles. The van der Waals surface area contributed by atoms with Crippen LogP contribution in [0.2, 0.25) is 0 Å². The highest BCUT2D eigenvalue weighted by Gasteiger charge is 2.09. The van der Waals surface area contributed by atoms with Crippen molar-refractivity contribution in [2.24, 2.45) is 0 Å². The van der Waals surface area contributed by atoms with E-state index in [0.717, 1.165) is 16.8 Å². The molecule has 2 aromatic rings. The van der Waals surface area contributed by atoms with Crippen molar-refractivity contribution in [1.29, 1.82) is 0 Å². The Morgan fingerprint density at radius 1 is 1.35 bits per heavy atom. The number of imidazole rings is 1. The van der Waals surface area contributed by atoms with E-state index in [4.69, 9.17) is 0 Å². The number of Topliss-reactive ketones (excluding diaryl/α,β-unsaturated/α-hetero) is 1. The van der Waals surface area contributed by atoms with Crippen LogP contribution in [0.15, 0.2) is 36.8 Å². The molecule has 1 aromatic carbocycles. The lowest BCUT2D eigenvalue weighted by Crippen LogP contribution is -2.01. The number of aromatic nitrogens is 2. The lowest BCUT2D eigenvalue weighted by atomic mass is 10.1. The second kappa shape index (κ2) is 4.53. The first-order valence-corrected chi connectivity index (χ1v) is 5.73. The molecule has 0 aliphatic heterocycles. The Balaban J connectivity index is 2.49. The van der Waals surface area contributed by atoms with Crippen LogP contribution in [0.4, 0.5) is 0 Å². The van der Waals surface area contributed by atoms with Crippen molar-refractivity contribution in [3.05, 3.63) is 42.4 Å². The first kappa shape index (κ1) is 11.6. The molecule has 0 aliphatic rings. The van der Waals surface area contributed by atoms with Crippen molar-refractivity contribution in [3.8, 4) is 11.3 Å². The molecule has 0 spiro atoms. The third-order valence-corrected chi connectivity index (χ3v) is 2.79. The van der Waals surface area contributed by atoms with Crippen molar-refractivity contribution in [3.63, 3.8) is 0 Å². The van der Waals surface area contributed by atoms with Crippen LogP contribution in [0, 0.1) is 0 Å². The largest absolute Gasteiger partial charge is 0.328 e. The highest BCUT2D eigenvalue weighted by atomic mass is 16.1. The minimum atomic E-state index is 0.0856. The molecule has 88 valence electrons. The number of hydrogen-bond donors (Lipinski definition) is 0. The Kier molecular flexibility index (Phi) is 3.09. The van der Waals surface area contributed by atoms with Gasteiger partial charge in [-0.15, -0.1) is 0 Å². The maximum atomic E-state index is 11.4. The minimum absolute atomic E-state index is 0.0856. The van der Waals surface area contributed by atoms with Gasteiger partial charge >= 0.3 is 0 Å². The van der Waals surface area contributed by atoms with Gasteiger partial charge in [0, 0.05) is 17.2 Å². The molecule has 0 aliphatic carbocycles. The average molecular weight is 228 g/mol.